The van der Waals surface area contributed by atoms with Gasteiger partial charge in [0.15, 0.2) is 0 Å². The molecule has 0 unspecified atom stereocenters. The predicted octanol–water partition coefficient (Wildman–Crippen LogP) is 2.52. The number of anilines is 1. The molecule has 0 bridgehead atoms. The lowest BCUT2D eigenvalue weighted by atomic mass is 10.2. The van der Waals surface area contributed by atoms with Gasteiger partial charge in [-0.15, -0.1) is 0 Å². The summed E-state index contributed by atoms with van der Waals surface area (Å²) in [6.07, 6.45) is -1.94. The van der Waals surface area contributed by atoms with Crippen LogP contribution in [0.1, 0.15) is 18.4 Å². The Hall–Kier alpha value is -1.23. The molecule has 0 fully saturated rings. The minimum absolute atomic E-state index is 0.229. The largest absolute Gasteiger partial charge is 0.383 e. The van der Waals surface area contributed by atoms with Gasteiger partial charge in [-0.1, -0.05) is 6.07 Å². The van der Waals surface area contributed by atoms with E-state index in [0.717, 1.165) is 6.07 Å². The van der Waals surface area contributed by atoms with E-state index in [0.29, 0.717) is 19.5 Å². The molecule has 1 aromatic carbocycles. The van der Waals surface area contributed by atoms with Crippen molar-refractivity contribution in [3.05, 3.63) is 29.6 Å². The molecule has 0 spiro atoms. The Balaban J connectivity index is 2.66. The molecule has 0 atom stereocenters. The van der Waals surface area contributed by atoms with Gasteiger partial charge in [0.2, 0.25) is 0 Å². The van der Waals surface area contributed by atoms with E-state index < -0.39 is 12.2 Å². The highest BCUT2D eigenvalue weighted by atomic mass is 19.3. The second-order valence-corrected chi connectivity index (χ2v) is 3.11. The van der Waals surface area contributed by atoms with Gasteiger partial charge < -0.3 is 11.1 Å². The van der Waals surface area contributed by atoms with Crippen molar-refractivity contribution in [3.63, 3.8) is 0 Å². The molecular formula is C10H13F3N2. The Labute approximate surface area is 86.3 Å². The Morgan fingerprint density at radius 3 is 2.60 bits per heavy atom. The van der Waals surface area contributed by atoms with Crippen molar-refractivity contribution in [3.8, 4) is 0 Å². The van der Waals surface area contributed by atoms with Crippen molar-refractivity contribution >= 4 is 5.69 Å². The molecule has 1 rings (SSSR count). The molecule has 0 aliphatic carbocycles. The zero-order valence-corrected chi connectivity index (χ0v) is 8.14. The van der Waals surface area contributed by atoms with E-state index in [4.69, 9.17) is 5.73 Å². The minimum Gasteiger partial charge on any atom is -0.383 e. The lowest BCUT2D eigenvalue weighted by Crippen LogP contribution is -2.09. The van der Waals surface area contributed by atoms with E-state index in [1.165, 1.54) is 12.1 Å². The lowest BCUT2D eigenvalue weighted by molar-refractivity contribution is 0.151. The van der Waals surface area contributed by atoms with Gasteiger partial charge in [-0.2, -0.15) is 0 Å². The molecule has 0 saturated carbocycles. The Morgan fingerprint density at radius 2 is 2.07 bits per heavy atom. The van der Waals surface area contributed by atoms with Crippen LogP contribution >= 0.6 is 0 Å². The molecule has 3 N–H and O–H groups in total. The van der Waals surface area contributed by atoms with E-state index in [9.17, 15) is 13.2 Å². The van der Waals surface area contributed by atoms with E-state index in [-0.39, 0.29) is 11.3 Å². The maximum Gasteiger partial charge on any atom is 0.263 e. The molecule has 0 aromatic heterocycles. The van der Waals surface area contributed by atoms with Crippen LogP contribution in [0.3, 0.4) is 0 Å². The van der Waals surface area contributed by atoms with Crippen molar-refractivity contribution in [2.75, 3.05) is 18.4 Å². The number of nitrogens with two attached hydrogens (primary N) is 1. The number of hydrogen-bond acceptors (Lipinski definition) is 2. The standard InChI is InChI=1S/C10H13F3N2/c11-8-6-7(10(12)13)2-3-9(8)15-5-1-4-14/h2-3,6,10,15H,1,4-5,14H2. The summed E-state index contributed by atoms with van der Waals surface area (Å²) < 4.78 is 37.6. The summed E-state index contributed by atoms with van der Waals surface area (Å²) in [6.45, 7) is 1.03. The first-order valence-electron chi connectivity index (χ1n) is 4.66. The molecule has 84 valence electrons. The number of benzene rings is 1. The van der Waals surface area contributed by atoms with Crippen LogP contribution in [0.4, 0.5) is 18.9 Å². The topological polar surface area (TPSA) is 38.0 Å². The zero-order valence-electron chi connectivity index (χ0n) is 8.14. The van der Waals surface area contributed by atoms with Crippen molar-refractivity contribution in [1.29, 1.82) is 0 Å². The zero-order chi connectivity index (χ0) is 11.3. The SMILES string of the molecule is NCCCNc1ccc(C(F)F)cc1F. The van der Waals surface area contributed by atoms with Gasteiger partial charge in [-0.25, -0.2) is 13.2 Å². The second kappa shape index (κ2) is 5.60. The normalized spacial score (nSPS) is 10.7. The Bertz CT molecular complexity index is 316. The van der Waals surface area contributed by atoms with Crippen molar-refractivity contribution in [2.45, 2.75) is 12.8 Å². The number of alkyl halides is 2. The average molecular weight is 218 g/mol. The summed E-state index contributed by atoms with van der Waals surface area (Å²) >= 11 is 0. The van der Waals surface area contributed by atoms with Gasteiger partial charge in [-0.05, 0) is 25.1 Å². The van der Waals surface area contributed by atoms with E-state index in [2.05, 4.69) is 5.32 Å². The van der Waals surface area contributed by atoms with E-state index in [1.807, 2.05) is 0 Å². The average Bonchev–Trinajstić information content (AvgIpc) is 2.20. The van der Waals surface area contributed by atoms with Crippen LogP contribution in [-0.2, 0) is 0 Å². The van der Waals surface area contributed by atoms with Crippen LogP contribution in [0.15, 0.2) is 18.2 Å². The maximum atomic E-state index is 13.2. The van der Waals surface area contributed by atoms with Gasteiger partial charge >= 0.3 is 0 Å². The smallest absolute Gasteiger partial charge is 0.263 e. The van der Waals surface area contributed by atoms with Crippen LogP contribution in [0.5, 0.6) is 0 Å². The number of halogens is 3. The van der Waals surface area contributed by atoms with Crippen LogP contribution < -0.4 is 11.1 Å². The molecule has 5 heteroatoms. The van der Waals surface area contributed by atoms with Gasteiger partial charge in [0, 0.05) is 12.1 Å². The highest BCUT2D eigenvalue weighted by molar-refractivity contribution is 5.46. The first-order valence-corrected chi connectivity index (χ1v) is 4.66. The van der Waals surface area contributed by atoms with Gasteiger partial charge in [0.05, 0.1) is 5.69 Å². The minimum atomic E-state index is -2.64. The third-order valence-corrected chi connectivity index (χ3v) is 1.94. The summed E-state index contributed by atoms with van der Waals surface area (Å²) in [6, 6.07) is 3.36. The molecule has 0 aliphatic rings. The summed E-state index contributed by atoms with van der Waals surface area (Å²) in [4.78, 5) is 0. The molecule has 15 heavy (non-hydrogen) atoms. The fourth-order valence-corrected chi connectivity index (χ4v) is 1.14. The molecule has 1 aromatic rings. The predicted molar refractivity (Wildman–Crippen MR) is 53.5 cm³/mol. The molecule has 0 saturated heterocycles. The summed E-state index contributed by atoms with van der Waals surface area (Å²) in [5.74, 6) is -0.662. The quantitative estimate of drug-likeness (QED) is 0.745. The number of rotatable bonds is 5. The van der Waals surface area contributed by atoms with Crippen molar-refractivity contribution in [1.82, 2.24) is 0 Å². The number of nitrogens with one attached hydrogen (secondary N) is 1. The molecule has 0 amide bonds. The second-order valence-electron chi connectivity index (χ2n) is 3.11. The highest BCUT2D eigenvalue weighted by Crippen LogP contribution is 2.23. The van der Waals surface area contributed by atoms with Crippen LogP contribution in [0.2, 0.25) is 0 Å². The third-order valence-electron chi connectivity index (χ3n) is 1.94. The van der Waals surface area contributed by atoms with Crippen molar-refractivity contribution < 1.29 is 13.2 Å². The van der Waals surface area contributed by atoms with E-state index in [1.54, 1.807) is 0 Å². The Kier molecular flexibility index (Phi) is 4.42. The van der Waals surface area contributed by atoms with E-state index >= 15 is 0 Å². The number of hydrogen-bond donors (Lipinski definition) is 2. The first kappa shape index (κ1) is 11.8. The summed E-state index contributed by atoms with van der Waals surface area (Å²) in [5.41, 5.74) is 5.18. The molecular weight excluding hydrogens is 205 g/mol. The fourth-order valence-electron chi connectivity index (χ4n) is 1.14. The molecule has 2 nitrogen and oxygen atoms in total. The molecule has 0 heterocycles. The maximum absolute atomic E-state index is 13.2. The molecule has 0 radical (unpaired) electrons. The Morgan fingerprint density at radius 1 is 1.33 bits per heavy atom. The van der Waals surface area contributed by atoms with Gasteiger partial charge in [0.1, 0.15) is 5.82 Å². The van der Waals surface area contributed by atoms with Crippen LogP contribution in [0.25, 0.3) is 0 Å². The monoisotopic (exact) mass is 218 g/mol. The highest BCUT2D eigenvalue weighted by Gasteiger charge is 2.10. The first-order chi connectivity index (χ1) is 7.15. The summed E-state index contributed by atoms with van der Waals surface area (Å²) in [5, 5.41) is 2.78. The van der Waals surface area contributed by atoms with Crippen molar-refractivity contribution in [2.24, 2.45) is 5.73 Å². The van der Waals surface area contributed by atoms with Crippen LogP contribution in [-0.4, -0.2) is 13.1 Å². The summed E-state index contributed by atoms with van der Waals surface area (Å²) in [7, 11) is 0. The molecule has 0 aliphatic heterocycles. The third kappa shape index (κ3) is 3.43. The lowest BCUT2D eigenvalue weighted by Gasteiger charge is -2.08. The fraction of sp³-hybridized carbons (Fsp3) is 0.400. The van der Waals surface area contributed by atoms with Crippen LogP contribution in [0, 0.1) is 5.82 Å². The van der Waals surface area contributed by atoms with Gasteiger partial charge in [-0.3, -0.25) is 0 Å². The van der Waals surface area contributed by atoms with Gasteiger partial charge in [0.25, 0.3) is 6.43 Å².